The number of anilines is 1. The molecule has 3 fully saturated rings. The maximum absolute atomic E-state index is 9.89. The van der Waals surface area contributed by atoms with Crippen LogP contribution >= 0.6 is 11.8 Å². The van der Waals surface area contributed by atoms with Gasteiger partial charge in [0.2, 0.25) is 5.88 Å². The maximum atomic E-state index is 9.89. The lowest BCUT2D eigenvalue weighted by Crippen LogP contribution is -2.41. The molecule has 21 heavy (non-hydrogen) atoms. The molecule has 3 heterocycles. The van der Waals surface area contributed by atoms with E-state index in [4.69, 9.17) is 4.74 Å². The van der Waals surface area contributed by atoms with Gasteiger partial charge in [0.25, 0.3) is 0 Å². The van der Waals surface area contributed by atoms with E-state index in [1.165, 1.54) is 0 Å². The molecule has 114 valence electrons. The molecule has 1 aromatic heterocycles. The highest BCUT2D eigenvalue weighted by atomic mass is 32.2. The summed E-state index contributed by atoms with van der Waals surface area (Å²) >= 11 is 2.01. The average molecular weight is 307 g/mol. The number of hydrogen-bond acceptors (Lipinski definition) is 6. The molecule has 0 aromatic carbocycles. The third-order valence-corrected chi connectivity index (χ3v) is 6.49. The van der Waals surface area contributed by atoms with Crippen molar-refractivity contribution in [2.75, 3.05) is 25.1 Å². The largest absolute Gasteiger partial charge is 0.481 e. The second-order valence-electron chi connectivity index (χ2n) is 6.03. The van der Waals surface area contributed by atoms with E-state index in [1.54, 1.807) is 7.11 Å². The minimum absolute atomic E-state index is 0.102. The Morgan fingerprint density at radius 1 is 1.33 bits per heavy atom. The summed E-state index contributed by atoms with van der Waals surface area (Å²) < 4.78 is 5.13. The van der Waals surface area contributed by atoms with E-state index in [1.807, 2.05) is 24.0 Å². The highest BCUT2D eigenvalue weighted by Gasteiger charge is 2.49. The molecular weight excluding hydrogens is 286 g/mol. The second kappa shape index (κ2) is 5.34. The van der Waals surface area contributed by atoms with Crippen LogP contribution in [-0.4, -0.2) is 58.1 Å². The molecule has 1 aliphatic carbocycles. The lowest BCUT2D eigenvalue weighted by atomic mass is 9.92. The van der Waals surface area contributed by atoms with Crippen LogP contribution in [0.2, 0.25) is 0 Å². The fourth-order valence-electron chi connectivity index (χ4n) is 3.80. The lowest BCUT2D eigenvalue weighted by Gasteiger charge is -2.31. The second-order valence-corrected chi connectivity index (χ2v) is 7.32. The number of aromatic nitrogens is 1. The molecule has 4 rings (SSSR count). The first-order valence-corrected chi connectivity index (χ1v) is 8.56. The summed E-state index contributed by atoms with van der Waals surface area (Å²) in [6, 6.07) is 4.65. The molecule has 3 aliphatic rings. The van der Waals surface area contributed by atoms with Crippen LogP contribution in [0.25, 0.3) is 0 Å². The van der Waals surface area contributed by atoms with Crippen LogP contribution in [0.15, 0.2) is 18.3 Å². The zero-order chi connectivity index (χ0) is 14.4. The van der Waals surface area contributed by atoms with Gasteiger partial charge in [-0.1, -0.05) is 0 Å². The molecule has 0 radical (unpaired) electrons. The fraction of sp³-hybridized carbons (Fsp3) is 0.667. The van der Waals surface area contributed by atoms with Crippen LogP contribution < -0.4 is 9.64 Å². The molecule has 0 spiro atoms. The zero-order valence-electron chi connectivity index (χ0n) is 12.2. The van der Waals surface area contributed by atoms with Gasteiger partial charge in [-0.15, -0.1) is 11.8 Å². The minimum atomic E-state index is -0.102. The topological polar surface area (TPSA) is 48.8 Å². The number of aliphatic hydroxyl groups excluding tert-OH is 1. The van der Waals surface area contributed by atoms with Crippen molar-refractivity contribution in [2.45, 2.75) is 42.2 Å². The van der Waals surface area contributed by atoms with Crippen molar-refractivity contribution < 1.29 is 9.84 Å². The van der Waals surface area contributed by atoms with Crippen LogP contribution in [0.4, 0.5) is 5.69 Å². The molecule has 0 bridgehead atoms. The summed E-state index contributed by atoms with van der Waals surface area (Å²) in [5.74, 6) is 0.658. The lowest BCUT2D eigenvalue weighted by molar-refractivity contribution is 0.0943. The predicted molar refractivity (Wildman–Crippen MR) is 83.7 cm³/mol. The van der Waals surface area contributed by atoms with Crippen LogP contribution in [0, 0.1) is 0 Å². The Hall–Kier alpha value is -0.980. The van der Waals surface area contributed by atoms with Gasteiger partial charge in [0.1, 0.15) is 5.50 Å². The molecule has 6 heteroatoms. The SMILES string of the molecule is COc1ccc(N2CCN3C4CCC(O)CC4SC23)cn1. The van der Waals surface area contributed by atoms with Crippen LogP contribution in [0.1, 0.15) is 19.3 Å². The van der Waals surface area contributed by atoms with Crippen LogP contribution in [0.5, 0.6) is 5.88 Å². The summed E-state index contributed by atoms with van der Waals surface area (Å²) in [5.41, 5.74) is 1.57. The van der Waals surface area contributed by atoms with Gasteiger partial charge < -0.3 is 14.7 Å². The van der Waals surface area contributed by atoms with E-state index >= 15 is 0 Å². The van der Waals surface area contributed by atoms with Gasteiger partial charge in [-0.05, 0) is 25.3 Å². The Kier molecular flexibility index (Phi) is 3.47. The Morgan fingerprint density at radius 3 is 3.00 bits per heavy atom. The third-order valence-electron chi connectivity index (χ3n) is 4.86. The van der Waals surface area contributed by atoms with Gasteiger partial charge in [0, 0.05) is 30.4 Å². The summed E-state index contributed by atoms with van der Waals surface area (Å²) in [7, 11) is 1.64. The van der Waals surface area contributed by atoms with E-state index in [0.717, 1.165) is 38.0 Å². The van der Waals surface area contributed by atoms with Gasteiger partial charge in [0.05, 0.1) is 25.1 Å². The van der Waals surface area contributed by atoms with Crippen molar-refractivity contribution in [3.05, 3.63) is 18.3 Å². The normalized spacial score (nSPS) is 35.6. The van der Waals surface area contributed by atoms with E-state index in [-0.39, 0.29) is 6.10 Å². The summed E-state index contributed by atoms with van der Waals surface area (Å²) in [6.45, 7) is 2.17. The molecule has 0 amide bonds. The Bertz CT molecular complexity index is 512. The first kappa shape index (κ1) is 13.7. The number of nitrogens with zero attached hydrogens (tertiary/aromatic N) is 3. The smallest absolute Gasteiger partial charge is 0.213 e. The van der Waals surface area contributed by atoms with Crippen molar-refractivity contribution in [1.82, 2.24) is 9.88 Å². The Morgan fingerprint density at radius 2 is 2.24 bits per heavy atom. The Balaban J connectivity index is 1.53. The molecule has 1 saturated carbocycles. The minimum Gasteiger partial charge on any atom is -0.481 e. The number of aliphatic hydroxyl groups is 1. The molecule has 1 aromatic rings. The summed E-state index contributed by atoms with van der Waals surface area (Å²) in [6.07, 6.45) is 4.82. The van der Waals surface area contributed by atoms with Crippen molar-refractivity contribution in [2.24, 2.45) is 0 Å². The van der Waals surface area contributed by atoms with Gasteiger partial charge in [-0.2, -0.15) is 0 Å². The first-order valence-electron chi connectivity index (χ1n) is 7.62. The van der Waals surface area contributed by atoms with Crippen molar-refractivity contribution in [3.8, 4) is 5.88 Å². The number of fused-ring (bicyclic) bond motifs is 3. The van der Waals surface area contributed by atoms with E-state index in [9.17, 15) is 5.11 Å². The molecule has 5 nitrogen and oxygen atoms in total. The van der Waals surface area contributed by atoms with Gasteiger partial charge in [-0.3, -0.25) is 4.90 Å². The number of ether oxygens (including phenoxy) is 1. The number of hydrogen-bond donors (Lipinski definition) is 1. The van der Waals surface area contributed by atoms with E-state index in [2.05, 4.69) is 20.9 Å². The number of rotatable bonds is 2. The molecule has 4 atom stereocenters. The third kappa shape index (κ3) is 2.29. The summed E-state index contributed by atoms with van der Waals surface area (Å²) in [5, 5.41) is 10.5. The molecular formula is C15H21N3O2S. The van der Waals surface area contributed by atoms with Gasteiger partial charge in [0.15, 0.2) is 0 Å². The molecule has 2 aliphatic heterocycles. The molecule has 1 N–H and O–H groups in total. The molecule has 4 unspecified atom stereocenters. The Labute approximate surface area is 129 Å². The fourth-order valence-corrected chi connectivity index (χ4v) is 5.71. The summed E-state index contributed by atoms with van der Waals surface area (Å²) in [4.78, 5) is 9.38. The molecule has 2 saturated heterocycles. The monoisotopic (exact) mass is 307 g/mol. The van der Waals surface area contributed by atoms with E-state index in [0.29, 0.717) is 22.7 Å². The van der Waals surface area contributed by atoms with E-state index < -0.39 is 0 Å². The quantitative estimate of drug-likeness (QED) is 0.894. The average Bonchev–Trinajstić information content (AvgIpc) is 3.05. The highest BCUT2D eigenvalue weighted by Crippen LogP contribution is 2.47. The number of pyridine rings is 1. The van der Waals surface area contributed by atoms with Gasteiger partial charge >= 0.3 is 0 Å². The van der Waals surface area contributed by atoms with Gasteiger partial charge in [-0.25, -0.2) is 4.98 Å². The zero-order valence-corrected chi connectivity index (χ0v) is 13.0. The highest BCUT2D eigenvalue weighted by molar-refractivity contribution is 8.00. The standard InChI is InChI=1S/C15H21N3O2S/c1-20-14-5-2-10(9-16-14)17-6-7-18-12-4-3-11(19)8-13(12)21-15(17)18/h2,5,9,11-13,15,19H,3-4,6-8H2,1H3. The van der Waals surface area contributed by atoms with Crippen molar-refractivity contribution in [3.63, 3.8) is 0 Å². The maximum Gasteiger partial charge on any atom is 0.213 e. The van der Waals surface area contributed by atoms with Crippen molar-refractivity contribution in [1.29, 1.82) is 0 Å². The van der Waals surface area contributed by atoms with Crippen LogP contribution in [0.3, 0.4) is 0 Å². The van der Waals surface area contributed by atoms with Crippen molar-refractivity contribution >= 4 is 17.4 Å². The first-order chi connectivity index (χ1) is 10.3. The number of methoxy groups -OCH3 is 1. The predicted octanol–water partition coefficient (Wildman–Crippen LogP) is 1.52. The number of thioether (sulfide) groups is 1. The van der Waals surface area contributed by atoms with Crippen LogP contribution in [-0.2, 0) is 0 Å².